The van der Waals surface area contributed by atoms with Crippen LogP contribution in [0.1, 0.15) is 24.8 Å². The average Bonchev–Trinajstić information content (AvgIpc) is 3.21. The van der Waals surface area contributed by atoms with Crippen LogP contribution in [0.25, 0.3) is 0 Å². The van der Waals surface area contributed by atoms with Crippen molar-refractivity contribution in [2.45, 2.75) is 37.9 Å². The molecule has 0 bridgehead atoms. The third kappa shape index (κ3) is 3.36. The highest BCUT2D eigenvalue weighted by molar-refractivity contribution is 7.98. The number of rotatable bonds is 5. The van der Waals surface area contributed by atoms with E-state index in [9.17, 15) is 0 Å². The third-order valence-electron chi connectivity index (χ3n) is 5.48. The third-order valence-corrected chi connectivity index (χ3v) is 6.47. The van der Waals surface area contributed by atoms with Crippen molar-refractivity contribution in [3.05, 3.63) is 22.7 Å². The Labute approximate surface area is 153 Å². The smallest absolute Gasteiger partial charge is 0.231 e. The van der Waals surface area contributed by atoms with Crippen LogP contribution in [0.15, 0.2) is 12.1 Å². The van der Waals surface area contributed by atoms with Crippen LogP contribution < -0.4 is 9.47 Å². The van der Waals surface area contributed by atoms with Crippen molar-refractivity contribution >= 4 is 23.4 Å². The Morgan fingerprint density at radius 2 is 2.08 bits per heavy atom. The molecule has 0 spiro atoms. The average molecular weight is 369 g/mol. The maximum atomic E-state index is 6.51. The van der Waals surface area contributed by atoms with Gasteiger partial charge >= 0.3 is 0 Å². The van der Waals surface area contributed by atoms with Gasteiger partial charge in [-0.15, -0.1) is 0 Å². The lowest BCUT2D eigenvalue weighted by atomic mass is 10.0. The summed E-state index contributed by atoms with van der Waals surface area (Å²) >= 11 is 8.45. The van der Waals surface area contributed by atoms with Crippen LogP contribution in [0.5, 0.6) is 11.5 Å². The van der Waals surface area contributed by atoms with Gasteiger partial charge in [-0.1, -0.05) is 11.6 Å². The summed E-state index contributed by atoms with van der Waals surface area (Å²) < 4.78 is 11.0. The lowest BCUT2D eigenvalue weighted by molar-refractivity contribution is 0.0442. The molecule has 0 unspecified atom stereocenters. The standard InChI is InChI=1S/C18H25ClN2O2S/c1-24-6-4-15-10-20-5-2-3-14(20)11-21(15)9-13-7-17-18(8-16(13)19)23-12-22-17/h7-8,14-15H,2-6,9-12H2,1H3/t14-,15+/m0/s1. The van der Waals surface area contributed by atoms with Crippen molar-refractivity contribution in [1.29, 1.82) is 0 Å². The minimum Gasteiger partial charge on any atom is -0.454 e. The maximum absolute atomic E-state index is 6.51. The van der Waals surface area contributed by atoms with Crippen molar-refractivity contribution in [3.8, 4) is 11.5 Å². The van der Waals surface area contributed by atoms with Gasteiger partial charge < -0.3 is 9.47 Å². The summed E-state index contributed by atoms with van der Waals surface area (Å²) in [5.41, 5.74) is 1.15. The summed E-state index contributed by atoms with van der Waals surface area (Å²) in [6.07, 6.45) is 6.12. The predicted molar refractivity (Wildman–Crippen MR) is 99.4 cm³/mol. The van der Waals surface area contributed by atoms with E-state index in [1.165, 1.54) is 38.1 Å². The summed E-state index contributed by atoms with van der Waals surface area (Å²) in [4.78, 5) is 5.34. The van der Waals surface area contributed by atoms with Gasteiger partial charge in [-0.25, -0.2) is 0 Å². The van der Waals surface area contributed by atoms with Gasteiger partial charge in [-0.05, 0) is 49.4 Å². The summed E-state index contributed by atoms with van der Waals surface area (Å²) in [7, 11) is 0. The van der Waals surface area contributed by atoms with Crippen LogP contribution in [0.4, 0.5) is 0 Å². The fraction of sp³-hybridized carbons (Fsp3) is 0.667. The van der Waals surface area contributed by atoms with Crippen LogP contribution in [0.3, 0.4) is 0 Å². The molecule has 2 saturated heterocycles. The van der Waals surface area contributed by atoms with Crippen LogP contribution in [0.2, 0.25) is 5.02 Å². The Bertz CT molecular complexity index is 601. The molecule has 0 saturated carbocycles. The molecule has 2 atom stereocenters. The molecule has 132 valence electrons. The quantitative estimate of drug-likeness (QED) is 0.792. The van der Waals surface area contributed by atoms with Gasteiger partial charge in [0.2, 0.25) is 6.79 Å². The number of piperazine rings is 1. The zero-order valence-electron chi connectivity index (χ0n) is 14.2. The van der Waals surface area contributed by atoms with E-state index in [4.69, 9.17) is 21.1 Å². The molecule has 3 aliphatic heterocycles. The summed E-state index contributed by atoms with van der Waals surface area (Å²) in [6.45, 7) is 4.83. The highest BCUT2D eigenvalue weighted by Crippen LogP contribution is 2.38. The molecule has 3 heterocycles. The first-order chi connectivity index (χ1) is 11.7. The predicted octanol–water partition coefficient (Wildman–Crippen LogP) is 3.47. The number of benzene rings is 1. The number of nitrogens with zero attached hydrogens (tertiary/aromatic N) is 2. The number of thioether (sulfide) groups is 1. The molecule has 0 aromatic heterocycles. The second kappa shape index (κ2) is 7.32. The van der Waals surface area contributed by atoms with Crippen LogP contribution >= 0.6 is 23.4 Å². The lowest BCUT2D eigenvalue weighted by Crippen LogP contribution is -2.55. The van der Waals surface area contributed by atoms with E-state index >= 15 is 0 Å². The van der Waals surface area contributed by atoms with Crippen LogP contribution in [-0.4, -0.2) is 60.3 Å². The molecule has 3 aliphatic rings. The number of fused-ring (bicyclic) bond motifs is 2. The minimum atomic E-state index is 0.298. The molecule has 1 aromatic carbocycles. The Kier molecular flexibility index (Phi) is 5.13. The first kappa shape index (κ1) is 16.8. The molecular formula is C18H25ClN2O2S. The number of halogens is 1. The van der Waals surface area contributed by atoms with E-state index < -0.39 is 0 Å². The fourth-order valence-electron chi connectivity index (χ4n) is 4.17. The summed E-state index contributed by atoms with van der Waals surface area (Å²) in [5.74, 6) is 2.81. The summed E-state index contributed by atoms with van der Waals surface area (Å²) in [6, 6.07) is 5.32. The Morgan fingerprint density at radius 1 is 1.25 bits per heavy atom. The number of ether oxygens (including phenoxy) is 2. The minimum absolute atomic E-state index is 0.298. The fourth-order valence-corrected chi connectivity index (χ4v) is 4.89. The van der Waals surface area contributed by atoms with Crippen molar-refractivity contribution < 1.29 is 9.47 Å². The highest BCUT2D eigenvalue weighted by atomic mass is 35.5. The molecule has 4 rings (SSSR count). The van der Waals surface area contributed by atoms with E-state index in [2.05, 4.69) is 22.1 Å². The van der Waals surface area contributed by atoms with Gasteiger partial charge in [0.15, 0.2) is 11.5 Å². The van der Waals surface area contributed by atoms with Gasteiger partial charge in [-0.3, -0.25) is 9.80 Å². The second-order valence-corrected chi connectivity index (χ2v) is 8.35. The first-order valence-electron chi connectivity index (χ1n) is 8.79. The monoisotopic (exact) mass is 368 g/mol. The SMILES string of the molecule is CSCC[C@@H]1CN2CCC[C@H]2CN1Cc1cc2c(cc1Cl)OCO2. The largest absolute Gasteiger partial charge is 0.454 e. The molecule has 2 fully saturated rings. The number of hydrogen-bond acceptors (Lipinski definition) is 5. The van der Waals surface area contributed by atoms with Gasteiger partial charge in [0.25, 0.3) is 0 Å². The Morgan fingerprint density at radius 3 is 2.92 bits per heavy atom. The first-order valence-corrected chi connectivity index (χ1v) is 10.6. The topological polar surface area (TPSA) is 24.9 Å². The molecule has 0 amide bonds. The Hall–Kier alpha value is -0.620. The van der Waals surface area contributed by atoms with Crippen LogP contribution in [-0.2, 0) is 6.54 Å². The van der Waals surface area contributed by atoms with E-state index in [0.29, 0.717) is 12.8 Å². The molecule has 4 nitrogen and oxygen atoms in total. The van der Waals surface area contributed by atoms with Crippen LogP contribution in [0, 0.1) is 0 Å². The summed E-state index contributed by atoms with van der Waals surface area (Å²) in [5, 5.41) is 0.789. The molecule has 6 heteroatoms. The van der Waals surface area contributed by atoms with Crippen molar-refractivity contribution in [2.24, 2.45) is 0 Å². The van der Waals surface area contributed by atoms with Crippen molar-refractivity contribution in [2.75, 3.05) is 38.4 Å². The normalized spacial score (nSPS) is 26.8. The van der Waals surface area contributed by atoms with Crippen molar-refractivity contribution in [1.82, 2.24) is 9.80 Å². The maximum Gasteiger partial charge on any atom is 0.231 e. The van der Waals surface area contributed by atoms with E-state index in [1.807, 2.05) is 17.8 Å². The lowest BCUT2D eigenvalue weighted by Gasteiger charge is -2.44. The molecule has 1 aromatic rings. The zero-order chi connectivity index (χ0) is 16.5. The van der Waals surface area contributed by atoms with Crippen molar-refractivity contribution in [3.63, 3.8) is 0 Å². The molecule has 24 heavy (non-hydrogen) atoms. The van der Waals surface area contributed by atoms with Gasteiger partial charge in [-0.2, -0.15) is 11.8 Å². The van der Waals surface area contributed by atoms with Gasteiger partial charge in [0.1, 0.15) is 0 Å². The van der Waals surface area contributed by atoms with E-state index in [-0.39, 0.29) is 0 Å². The zero-order valence-corrected chi connectivity index (χ0v) is 15.7. The Balaban J connectivity index is 1.52. The highest BCUT2D eigenvalue weighted by Gasteiger charge is 2.36. The van der Waals surface area contributed by atoms with Gasteiger partial charge in [0.05, 0.1) is 0 Å². The van der Waals surface area contributed by atoms with Gasteiger partial charge in [0, 0.05) is 42.8 Å². The molecule has 0 radical (unpaired) electrons. The second-order valence-electron chi connectivity index (χ2n) is 6.95. The number of hydrogen-bond donors (Lipinski definition) is 0. The molecule has 0 aliphatic carbocycles. The molecule has 0 N–H and O–H groups in total. The van der Waals surface area contributed by atoms with E-state index in [1.54, 1.807) is 0 Å². The molecular weight excluding hydrogens is 344 g/mol. The van der Waals surface area contributed by atoms with E-state index in [0.717, 1.165) is 41.2 Å².